The fraction of sp³-hybridized carbons (Fsp3) is 0.556. The minimum Gasteiger partial charge on any atom is -0.362 e. The maximum absolute atomic E-state index is 13.1. The molecule has 0 spiro atoms. The van der Waals surface area contributed by atoms with Gasteiger partial charge in [-0.25, -0.2) is 4.39 Å². The van der Waals surface area contributed by atoms with Crippen molar-refractivity contribution in [3.63, 3.8) is 0 Å². The third-order valence-corrected chi connectivity index (χ3v) is 4.76. The van der Waals surface area contributed by atoms with Gasteiger partial charge < -0.3 is 20.0 Å². The van der Waals surface area contributed by atoms with Gasteiger partial charge in [-0.3, -0.25) is 19.7 Å². The Bertz CT molecular complexity index is 716. The van der Waals surface area contributed by atoms with Crippen LogP contribution in [0.1, 0.15) is 13.8 Å². The first-order chi connectivity index (χ1) is 13.3. The Morgan fingerprint density at radius 3 is 2.00 bits per heavy atom. The Kier molecular flexibility index (Phi) is 7.68. The van der Waals surface area contributed by atoms with Crippen LogP contribution in [0.2, 0.25) is 0 Å². The number of nitro groups is 1. The third-order valence-electron chi connectivity index (χ3n) is 4.76. The van der Waals surface area contributed by atoms with Crippen LogP contribution in [0.5, 0.6) is 0 Å². The number of piperazine rings is 2. The van der Waals surface area contributed by atoms with Crippen molar-refractivity contribution >= 4 is 23.2 Å². The van der Waals surface area contributed by atoms with Crippen molar-refractivity contribution in [1.82, 2.24) is 15.1 Å². The molecule has 0 aliphatic carbocycles. The van der Waals surface area contributed by atoms with Gasteiger partial charge in [-0.15, -0.1) is 0 Å². The highest BCUT2D eigenvalue weighted by Gasteiger charge is 2.24. The second-order valence-corrected chi connectivity index (χ2v) is 6.64. The zero-order valence-electron chi connectivity index (χ0n) is 16.2. The summed E-state index contributed by atoms with van der Waals surface area (Å²) in [5.41, 5.74) is 0.158. The molecule has 2 amide bonds. The molecule has 2 fully saturated rings. The first-order valence-electron chi connectivity index (χ1n) is 9.20. The average Bonchev–Trinajstić information content (AvgIpc) is 2.69. The molecule has 154 valence electrons. The molecule has 0 saturated carbocycles. The molecule has 0 aromatic heterocycles. The minimum atomic E-state index is -0.627. The molecule has 3 rings (SSSR count). The van der Waals surface area contributed by atoms with Gasteiger partial charge in [-0.1, -0.05) is 0 Å². The number of nitrogens with zero attached hydrogens (tertiary/aromatic N) is 4. The second-order valence-electron chi connectivity index (χ2n) is 6.64. The van der Waals surface area contributed by atoms with E-state index in [1.165, 1.54) is 19.1 Å². The van der Waals surface area contributed by atoms with Gasteiger partial charge >= 0.3 is 0 Å². The van der Waals surface area contributed by atoms with E-state index < -0.39 is 10.7 Å². The van der Waals surface area contributed by atoms with Crippen molar-refractivity contribution in [1.29, 1.82) is 0 Å². The Labute approximate surface area is 163 Å². The molecule has 1 aromatic carbocycles. The molecule has 2 heterocycles. The van der Waals surface area contributed by atoms with Gasteiger partial charge in [-0.05, 0) is 12.1 Å². The summed E-state index contributed by atoms with van der Waals surface area (Å²) >= 11 is 0. The molecule has 2 saturated heterocycles. The maximum atomic E-state index is 13.1. The largest absolute Gasteiger partial charge is 0.362 e. The highest BCUT2D eigenvalue weighted by atomic mass is 19.1. The lowest BCUT2D eigenvalue weighted by molar-refractivity contribution is -0.384. The SMILES string of the molecule is CC(=O)N1CCN(c2ccc(F)cc2[N+](=O)[O-])CC1.CC(=O)N1CCNCC1. The summed E-state index contributed by atoms with van der Waals surface area (Å²) in [6.07, 6.45) is 0. The van der Waals surface area contributed by atoms with E-state index in [0.29, 0.717) is 31.9 Å². The van der Waals surface area contributed by atoms with Gasteiger partial charge in [0.05, 0.1) is 11.0 Å². The van der Waals surface area contributed by atoms with Crippen molar-refractivity contribution in [2.45, 2.75) is 13.8 Å². The van der Waals surface area contributed by atoms with E-state index >= 15 is 0 Å². The van der Waals surface area contributed by atoms with Gasteiger partial charge in [0.1, 0.15) is 11.5 Å². The molecule has 2 aliphatic heterocycles. The summed E-state index contributed by atoms with van der Waals surface area (Å²) in [4.78, 5) is 37.6. The first kappa shape index (κ1) is 21.5. The molecular weight excluding hydrogens is 369 g/mol. The number of anilines is 1. The molecule has 9 nitrogen and oxygen atoms in total. The zero-order chi connectivity index (χ0) is 20.7. The van der Waals surface area contributed by atoms with Crippen LogP contribution in [0.15, 0.2) is 18.2 Å². The lowest BCUT2D eigenvalue weighted by Gasteiger charge is -2.35. The van der Waals surface area contributed by atoms with E-state index in [-0.39, 0.29) is 17.5 Å². The van der Waals surface area contributed by atoms with E-state index in [2.05, 4.69) is 5.32 Å². The van der Waals surface area contributed by atoms with Gasteiger partial charge in [-0.2, -0.15) is 0 Å². The molecule has 0 radical (unpaired) electrons. The number of hydrogen-bond acceptors (Lipinski definition) is 6. The molecule has 2 aliphatic rings. The fourth-order valence-electron chi connectivity index (χ4n) is 3.15. The van der Waals surface area contributed by atoms with Crippen LogP contribution < -0.4 is 10.2 Å². The summed E-state index contributed by atoms with van der Waals surface area (Å²) in [7, 11) is 0. The van der Waals surface area contributed by atoms with Crippen molar-refractivity contribution in [2.24, 2.45) is 0 Å². The lowest BCUT2D eigenvalue weighted by atomic mass is 10.2. The Morgan fingerprint density at radius 1 is 1.00 bits per heavy atom. The van der Waals surface area contributed by atoms with Crippen molar-refractivity contribution in [3.05, 3.63) is 34.1 Å². The molecule has 1 N–H and O–H groups in total. The van der Waals surface area contributed by atoms with Crippen LogP contribution in [0, 0.1) is 15.9 Å². The van der Waals surface area contributed by atoms with Crippen LogP contribution in [-0.2, 0) is 9.59 Å². The molecule has 0 bridgehead atoms. The highest BCUT2D eigenvalue weighted by Crippen LogP contribution is 2.29. The van der Waals surface area contributed by atoms with Crippen LogP contribution in [0.25, 0.3) is 0 Å². The number of rotatable bonds is 2. The molecule has 1 aromatic rings. The number of benzene rings is 1. The van der Waals surface area contributed by atoms with Gasteiger partial charge in [0.25, 0.3) is 5.69 Å². The van der Waals surface area contributed by atoms with Gasteiger partial charge in [0.15, 0.2) is 0 Å². The monoisotopic (exact) mass is 395 g/mol. The van der Waals surface area contributed by atoms with E-state index in [1.54, 1.807) is 16.7 Å². The molecule has 28 heavy (non-hydrogen) atoms. The summed E-state index contributed by atoms with van der Waals surface area (Å²) < 4.78 is 13.1. The van der Waals surface area contributed by atoms with Crippen LogP contribution >= 0.6 is 0 Å². The van der Waals surface area contributed by atoms with Crippen molar-refractivity contribution in [3.8, 4) is 0 Å². The summed E-state index contributed by atoms with van der Waals surface area (Å²) in [5, 5.41) is 14.1. The van der Waals surface area contributed by atoms with Gasteiger partial charge in [0, 0.05) is 66.2 Å². The quantitative estimate of drug-likeness (QED) is 0.589. The summed E-state index contributed by atoms with van der Waals surface area (Å²) in [6.45, 7) is 8.79. The van der Waals surface area contributed by atoms with E-state index in [1.807, 2.05) is 4.90 Å². The molecular formula is C18H26FN5O4. The molecule has 0 atom stereocenters. The van der Waals surface area contributed by atoms with Crippen LogP contribution in [0.3, 0.4) is 0 Å². The van der Waals surface area contributed by atoms with Crippen LogP contribution in [-0.4, -0.2) is 78.9 Å². The number of amides is 2. The number of halogens is 1. The fourth-order valence-corrected chi connectivity index (χ4v) is 3.15. The highest BCUT2D eigenvalue weighted by molar-refractivity contribution is 5.74. The van der Waals surface area contributed by atoms with Crippen LogP contribution in [0.4, 0.5) is 15.8 Å². The number of nitrogens with one attached hydrogen (secondary N) is 1. The predicted octanol–water partition coefficient (Wildman–Crippen LogP) is 0.841. The van der Waals surface area contributed by atoms with E-state index in [4.69, 9.17) is 0 Å². The third kappa shape index (κ3) is 5.88. The minimum absolute atomic E-state index is 0.00624. The number of carbonyl (C=O) groups excluding carboxylic acids is 2. The van der Waals surface area contributed by atoms with Crippen molar-refractivity contribution < 1.29 is 18.9 Å². The molecule has 10 heteroatoms. The first-order valence-corrected chi connectivity index (χ1v) is 9.20. The lowest BCUT2D eigenvalue weighted by Crippen LogP contribution is -2.48. The standard InChI is InChI=1S/C12H14FN3O3.C6H12N2O/c1-9(17)14-4-6-15(7-5-14)11-3-2-10(13)8-12(11)16(18)19;1-6(9)8-4-2-7-3-5-8/h2-3,8H,4-7H2,1H3;7H,2-5H2,1H3. The average molecular weight is 395 g/mol. The summed E-state index contributed by atoms with van der Waals surface area (Å²) in [5.74, 6) is -0.442. The zero-order valence-corrected chi connectivity index (χ0v) is 16.2. The predicted molar refractivity (Wildman–Crippen MR) is 103 cm³/mol. The van der Waals surface area contributed by atoms with E-state index in [0.717, 1.165) is 32.2 Å². The molecule has 0 unspecified atom stereocenters. The number of carbonyl (C=O) groups is 2. The Hall–Kier alpha value is -2.75. The van der Waals surface area contributed by atoms with Crippen molar-refractivity contribution in [2.75, 3.05) is 57.3 Å². The smallest absolute Gasteiger partial charge is 0.295 e. The number of hydrogen-bond donors (Lipinski definition) is 1. The Morgan fingerprint density at radius 2 is 1.54 bits per heavy atom. The topological polar surface area (TPSA) is 99.0 Å². The van der Waals surface area contributed by atoms with E-state index in [9.17, 15) is 24.1 Å². The Balaban J connectivity index is 0.000000261. The maximum Gasteiger partial charge on any atom is 0.295 e. The summed E-state index contributed by atoms with van der Waals surface area (Å²) in [6, 6.07) is 3.54. The number of nitro benzene ring substituents is 1. The van der Waals surface area contributed by atoms with Gasteiger partial charge in [0.2, 0.25) is 11.8 Å². The second kappa shape index (κ2) is 9.98. The normalized spacial score (nSPS) is 16.9.